The molecule has 2 heteroatoms. The van der Waals surface area contributed by atoms with Crippen molar-refractivity contribution in [2.45, 2.75) is 58.0 Å². The normalized spacial score (nSPS) is 14.4. The average molecular weight is 249 g/mol. The van der Waals surface area contributed by atoms with E-state index in [0.717, 1.165) is 6.42 Å². The maximum absolute atomic E-state index is 9.45. The van der Waals surface area contributed by atoms with Gasteiger partial charge >= 0.3 is 0 Å². The van der Waals surface area contributed by atoms with E-state index in [-0.39, 0.29) is 12.6 Å². The molecule has 0 heterocycles. The third-order valence-electron chi connectivity index (χ3n) is 3.31. The van der Waals surface area contributed by atoms with Crippen LogP contribution in [0.4, 0.5) is 0 Å². The Labute approximate surface area is 111 Å². The Kier molecular flexibility index (Phi) is 7.70. The third kappa shape index (κ3) is 6.18. The summed E-state index contributed by atoms with van der Waals surface area (Å²) in [5, 5.41) is 13.0. The lowest BCUT2D eigenvalue weighted by atomic mass is 10.0. The minimum atomic E-state index is 0.170. The fraction of sp³-hybridized carbons (Fsp3) is 0.625. The molecule has 2 N–H and O–H groups in total. The fourth-order valence-corrected chi connectivity index (χ4v) is 2.26. The van der Waals surface area contributed by atoms with Gasteiger partial charge in [-0.1, -0.05) is 56.5 Å². The fourth-order valence-electron chi connectivity index (χ4n) is 2.26. The minimum absolute atomic E-state index is 0.170. The molecule has 0 radical (unpaired) electrons. The number of unbranched alkanes of at least 4 members (excludes halogenated alkanes) is 2. The second-order valence-electron chi connectivity index (χ2n) is 5.13. The van der Waals surface area contributed by atoms with Gasteiger partial charge in [-0.3, -0.25) is 0 Å². The summed E-state index contributed by atoms with van der Waals surface area (Å²) < 4.78 is 0. The summed E-state index contributed by atoms with van der Waals surface area (Å²) in [5.41, 5.74) is 1.28. The summed E-state index contributed by atoms with van der Waals surface area (Å²) in [7, 11) is 0. The van der Waals surface area contributed by atoms with Crippen LogP contribution in [0.25, 0.3) is 0 Å². The van der Waals surface area contributed by atoms with Crippen LogP contribution in [0.1, 0.15) is 45.1 Å². The van der Waals surface area contributed by atoms with E-state index in [2.05, 4.69) is 43.4 Å². The van der Waals surface area contributed by atoms with Gasteiger partial charge in [0.05, 0.1) is 6.61 Å². The Morgan fingerprint density at radius 2 is 1.89 bits per heavy atom. The molecule has 1 aromatic rings. The number of aliphatic hydroxyl groups is 1. The van der Waals surface area contributed by atoms with E-state index in [9.17, 15) is 5.11 Å². The van der Waals surface area contributed by atoms with Crippen molar-refractivity contribution in [1.82, 2.24) is 5.32 Å². The van der Waals surface area contributed by atoms with Gasteiger partial charge in [-0.15, -0.1) is 0 Å². The summed E-state index contributed by atoms with van der Waals surface area (Å²) in [6.45, 7) is 4.64. The topological polar surface area (TPSA) is 32.3 Å². The molecule has 1 aromatic carbocycles. The summed E-state index contributed by atoms with van der Waals surface area (Å²) >= 11 is 0. The van der Waals surface area contributed by atoms with Gasteiger partial charge in [0.2, 0.25) is 0 Å². The predicted molar refractivity (Wildman–Crippen MR) is 77.8 cm³/mol. The molecule has 0 bridgehead atoms. The second-order valence-corrected chi connectivity index (χ2v) is 5.13. The summed E-state index contributed by atoms with van der Waals surface area (Å²) in [6.07, 6.45) is 5.93. The first kappa shape index (κ1) is 15.2. The SMILES string of the molecule is CCCCCC(C)NC(CO)Cc1ccccc1. The molecular formula is C16H27NO. The summed E-state index contributed by atoms with van der Waals surface area (Å²) in [5.74, 6) is 0. The van der Waals surface area contributed by atoms with E-state index < -0.39 is 0 Å². The van der Waals surface area contributed by atoms with Gasteiger partial charge < -0.3 is 10.4 Å². The molecule has 1 rings (SSSR count). The van der Waals surface area contributed by atoms with Crippen LogP contribution in [0.15, 0.2) is 30.3 Å². The smallest absolute Gasteiger partial charge is 0.0587 e. The van der Waals surface area contributed by atoms with Crippen molar-refractivity contribution in [3.05, 3.63) is 35.9 Å². The highest BCUT2D eigenvalue weighted by Crippen LogP contribution is 2.07. The monoisotopic (exact) mass is 249 g/mol. The molecule has 2 nitrogen and oxygen atoms in total. The number of benzene rings is 1. The number of hydrogen-bond donors (Lipinski definition) is 2. The first-order valence-electron chi connectivity index (χ1n) is 7.17. The lowest BCUT2D eigenvalue weighted by Crippen LogP contribution is -2.40. The second kappa shape index (κ2) is 9.12. The lowest BCUT2D eigenvalue weighted by Gasteiger charge is -2.21. The number of nitrogens with one attached hydrogen (secondary N) is 1. The van der Waals surface area contributed by atoms with E-state index in [1.165, 1.54) is 31.2 Å². The van der Waals surface area contributed by atoms with E-state index in [1.54, 1.807) is 0 Å². The van der Waals surface area contributed by atoms with Gasteiger partial charge in [0.25, 0.3) is 0 Å². The molecule has 0 fully saturated rings. The van der Waals surface area contributed by atoms with Crippen LogP contribution >= 0.6 is 0 Å². The molecule has 0 amide bonds. The molecular weight excluding hydrogens is 222 g/mol. The highest BCUT2D eigenvalue weighted by Gasteiger charge is 2.11. The Morgan fingerprint density at radius 3 is 2.50 bits per heavy atom. The molecule has 102 valence electrons. The molecule has 18 heavy (non-hydrogen) atoms. The number of aliphatic hydroxyl groups excluding tert-OH is 1. The van der Waals surface area contributed by atoms with Crippen LogP contribution in [-0.4, -0.2) is 23.8 Å². The Bertz CT molecular complexity index is 299. The lowest BCUT2D eigenvalue weighted by molar-refractivity contribution is 0.229. The molecule has 0 saturated carbocycles. The standard InChI is InChI=1S/C16H27NO/c1-3-4-6-9-14(2)17-16(13-18)12-15-10-7-5-8-11-15/h5,7-8,10-11,14,16-18H,3-4,6,9,12-13H2,1-2H3. The van der Waals surface area contributed by atoms with E-state index in [0.29, 0.717) is 6.04 Å². The maximum Gasteiger partial charge on any atom is 0.0587 e. The average Bonchev–Trinajstić information content (AvgIpc) is 2.39. The molecule has 0 spiro atoms. The molecule has 0 aliphatic carbocycles. The molecule has 0 aliphatic heterocycles. The van der Waals surface area contributed by atoms with Crippen molar-refractivity contribution >= 4 is 0 Å². The van der Waals surface area contributed by atoms with Crippen LogP contribution in [-0.2, 0) is 6.42 Å². The molecule has 2 atom stereocenters. The van der Waals surface area contributed by atoms with E-state index in [1.807, 2.05) is 6.07 Å². The first-order valence-corrected chi connectivity index (χ1v) is 7.17. The summed E-state index contributed by atoms with van der Waals surface area (Å²) in [6, 6.07) is 11.0. The van der Waals surface area contributed by atoms with Crippen LogP contribution < -0.4 is 5.32 Å². The molecule has 0 aliphatic rings. The summed E-state index contributed by atoms with van der Waals surface area (Å²) in [4.78, 5) is 0. The maximum atomic E-state index is 9.45. The Morgan fingerprint density at radius 1 is 1.17 bits per heavy atom. The van der Waals surface area contributed by atoms with Crippen molar-refractivity contribution < 1.29 is 5.11 Å². The van der Waals surface area contributed by atoms with E-state index >= 15 is 0 Å². The van der Waals surface area contributed by atoms with Gasteiger partial charge in [-0.05, 0) is 25.3 Å². The van der Waals surface area contributed by atoms with Crippen molar-refractivity contribution in [3.8, 4) is 0 Å². The highest BCUT2D eigenvalue weighted by molar-refractivity contribution is 5.15. The van der Waals surface area contributed by atoms with Crippen LogP contribution in [0.3, 0.4) is 0 Å². The van der Waals surface area contributed by atoms with Gasteiger partial charge in [-0.2, -0.15) is 0 Å². The highest BCUT2D eigenvalue weighted by atomic mass is 16.3. The zero-order chi connectivity index (χ0) is 13.2. The Hall–Kier alpha value is -0.860. The van der Waals surface area contributed by atoms with Gasteiger partial charge in [0.1, 0.15) is 0 Å². The number of hydrogen-bond acceptors (Lipinski definition) is 2. The zero-order valence-electron chi connectivity index (χ0n) is 11.7. The van der Waals surface area contributed by atoms with Crippen molar-refractivity contribution in [1.29, 1.82) is 0 Å². The van der Waals surface area contributed by atoms with Crippen molar-refractivity contribution in [2.75, 3.05) is 6.61 Å². The Balaban J connectivity index is 2.32. The van der Waals surface area contributed by atoms with Gasteiger partial charge in [0.15, 0.2) is 0 Å². The van der Waals surface area contributed by atoms with Crippen LogP contribution in [0.2, 0.25) is 0 Å². The van der Waals surface area contributed by atoms with Gasteiger partial charge in [-0.25, -0.2) is 0 Å². The predicted octanol–water partition coefficient (Wildman–Crippen LogP) is 3.15. The number of rotatable bonds is 9. The molecule has 0 saturated heterocycles. The van der Waals surface area contributed by atoms with Crippen LogP contribution in [0.5, 0.6) is 0 Å². The molecule has 2 unspecified atom stereocenters. The first-order chi connectivity index (χ1) is 8.76. The largest absolute Gasteiger partial charge is 0.395 e. The van der Waals surface area contributed by atoms with E-state index in [4.69, 9.17) is 0 Å². The quantitative estimate of drug-likeness (QED) is 0.659. The third-order valence-corrected chi connectivity index (χ3v) is 3.31. The molecule has 0 aromatic heterocycles. The zero-order valence-corrected chi connectivity index (χ0v) is 11.7. The van der Waals surface area contributed by atoms with Crippen molar-refractivity contribution in [2.24, 2.45) is 0 Å². The van der Waals surface area contributed by atoms with Crippen molar-refractivity contribution in [3.63, 3.8) is 0 Å². The van der Waals surface area contributed by atoms with Crippen LogP contribution in [0, 0.1) is 0 Å². The minimum Gasteiger partial charge on any atom is -0.395 e. The van der Waals surface area contributed by atoms with Gasteiger partial charge in [0, 0.05) is 12.1 Å².